The van der Waals surface area contributed by atoms with Crippen molar-refractivity contribution in [2.45, 2.75) is 45.2 Å². The molecule has 2 aromatic rings. The third kappa shape index (κ3) is 5.38. The number of amides is 2. The first-order valence-corrected chi connectivity index (χ1v) is 11.5. The Kier molecular flexibility index (Phi) is 8.26. The molecule has 0 radical (unpaired) electrons. The highest BCUT2D eigenvalue weighted by molar-refractivity contribution is 5.94. The Balaban J connectivity index is 1.66. The first-order valence-electron chi connectivity index (χ1n) is 11.5. The molecule has 0 aromatic heterocycles. The maximum Gasteiger partial charge on any atom is 0.245 e. The molecule has 8 nitrogen and oxygen atoms in total. The van der Waals surface area contributed by atoms with Crippen molar-refractivity contribution in [3.63, 3.8) is 0 Å². The molecule has 3 rings (SSSR count). The first-order chi connectivity index (χ1) is 16.4. The van der Waals surface area contributed by atoms with Gasteiger partial charge in [0.25, 0.3) is 0 Å². The number of rotatable bonds is 11. The van der Waals surface area contributed by atoms with Gasteiger partial charge in [0, 0.05) is 19.5 Å². The summed E-state index contributed by atoms with van der Waals surface area (Å²) in [4.78, 5) is 27.6. The molecule has 34 heavy (non-hydrogen) atoms. The van der Waals surface area contributed by atoms with Gasteiger partial charge in [-0.25, -0.2) is 0 Å². The van der Waals surface area contributed by atoms with Crippen LogP contribution in [0, 0.1) is 0 Å². The number of carbonyl (C=O) groups excluding carboxylic acids is 2. The summed E-state index contributed by atoms with van der Waals surface area (Å²) in [6.45, 7) is 5.03. The normalized spacial score (nSPS) is 17.4. The van der Waals surface area contributed by atoms with Gasteiger partial charge in [0.05, 0.1) is 27.9 Å². The number of hydrogen-bond acceptors (Lipinski definition) is 6. The first kappa shape index (κ1) is 25.2. The second-order valence-electron chi connectivity index (χ2n) is 8.37. The highest BCUT2D eigenvalue weighted by Crippen LogP contribution is 2.34. The largest absolute Gasteiger partial charge is 0.493 e. The van der Waals surface area contributed by atoms with Crippen molar-refractivity contribution in [2.24, 2.45) is 0 Å². The van der Waals surface area contributed by atoms with Crippen LogP contribution in [0.15, 0.2) is 36.4 Å². The van der Waals surface area contributed by atoms with Crippen LogP contribution in [0.3, 0.4) is 0 Å². The monoisotopic (exact) mass is 470 g/mol. The maximum absolute atomic E-state index is 13.2. The molecule has 1 fully saturated rings. The zero-order chi connectivity index (χ0) is 24.7. The lowest BCUT2D eigenvalue weighted by Gasteiger charge is -2.34. The fourth-order valence-electron chi connectivity index (χ4n) is 4.21. The van der Waals surface area contributed by atoms with E-state index < -0.39 is 5.54 Å². The van der Waals surface area contributed by atoms with Gasteiger partial charge < -0.3 is 29.2 Å². The SMILES string of the molecule is CCOc1ccc(CN2C(=O)CC[C@]2(C)C(=O)NCCc2ccc(OC)c(OC)c2)cc1OC. The molecule has 0 bridgehead atoms. The highest BCUT2D eigenvalue weighted by atomic mass is 16.5. The van der Waals surface area contributed by atoms with Crippen LogP contribution in [-0.2, 0) is 22.6 Å². The summed E-state index contributed by atoms with van der Waals surface area (Å²) >= 11 is 0. The molecule has 1 saturated heterocycles. The van der Waals surface area contributed by atoms with Crippen LogP contribution in [0.5, 0.6) is 23.0 Å². The standard InChI is InChI=1S/C26H34N2O6/c1-6-34-21-10-8-19(16-23(21)33-5)17-28-24(29)11-13-26(28,2)25(30)27-14-12-18-7-9-20(31-3)22(15-18)32-4/h7-10,15-16H,6,11-14,17H2,1-5H3,(H,27,30)/t26-/m1/s1. The minimum absolute atomic E-state index is 0.0367. The molecule has 8 heteroatoms. The molecule has 0 aliphatic carbocycles. The minimum Gasteiger partial charge on any atom is -0.493 e. The van der Waals surface area contributed by atoms with Crippen molar-refractivity contribution < 1.29 is 28.5 Å². The number of carbonyl (C=O) groups is 2. The van der Waals surface area contributed by atoms with E-state index in [4.69, 9.17) is 18.9 Å². The molecule has 2 aromatic carbocycles. The summed E-state index contributed by atoms with van der Waals surface area (Å²) in [6, 6.07) is 11.3. The molecule has 0 saturated carbocycles. The maximum atomic E-state index is 13.2. The van der Waals surface area contributed by atoms with Gasteiger partial charge in [0.1, 0.15) is 5.54 Å². The summed E-state index contributed by atoms with van der Waals surface area (Å²) in [7, 11) is 4.77. The van der Waals surface area contributed by atoms with Crippen molar-refractivity contribution in [2.75, 3.05) is 34.5 Å². The van der Waals surface area contributed by atoms with E-state index in [9.17, 15) is 9.59 Å². The van der Waals surface area contributed by atoms with Gasteiger partial charge in [-0.05, 0) is 62.1 Å². The number of methoxy groups -OCH3 is 3. The summed E-state index contributed by atoms with van der Waals surface area (Å²) in [6.07, 6.45) is 1.45. The molecule has 0 spiro atoms. The second-order valence-corrected chi connectivity index (χ2v) is 8.37. The van der Waals surface area contributed by atoms with Crippen LogP contribution in [0.25, 0.3) is 0 Å². The lowest BCUT2D eigenvalue weighted by molar-refractivity contribution is -0.141. The zero-order valence-corrected chi connectivity index (χ0v) is 20.6. The summed E-state index contributed by atoms with van der Waals surface area (Å²) < 4.78 is 21.6. The van der Waals surface area contributed by atoms with E-state index in [1.807, 2.05) is 50.2 Å². The average Bonchev–Trinajstić information content (AvgIpc) is 3.14. The molecule has 2 amide bonds. The molecule has 1 heterocycles. The van der Waals surface area contributed by atoms with Crippen molar-refractivity contribution in [1.29, 1.82) is 0 Å². The van der Waals surface area contributed by atoms with E-state index in [2.05, 4.69) is 5.32 Å². The van der Waals surface area contributed by atoms with E-state index in [1.165, 1.54) is 0 Å². The smallest absolute Gasteiger partial charge is 0.245 e. The van der Waals surface area contributed by atoms with Crippen LogP contribution in [0.1, 0.15) is 37.8 Å². The third-order valence-electron chi connectivity index (χ3n) is 6.23. The Bertz CT molecular complexity index is 1020. The van der Waals surface area contributed by atoms with Crippen molar-refractivity contribution in [3.8, 4) is 23.0 Å². The predicted octanol–water partition coefficient (Wildman–Crippen LogP) is 3.35. The van der Waals surface area contributed by atoms with Gasteiger partial charge in [0.15, 0.2) is 23.0 Å². The average molecular weight is 471 g/mol. The van der Waals surface area contributed by atoms with E-state index in [-0.39, 0.29) is 11.8 Å². The van der Waals surface area contributed by atoms with Gasteiger partial charge in [-0.3, -0.25) is 9.59 Å². The Morgan fingerprint density at radius 2 is 1.59 bits per heavy atom. The van der Waals surface area contributed by atoms with E-state index in [0.29, 0.717) is 62.0 Å². The van der Waals surface area contributed by atoms with Crippen LogP contribution in [0.4, 0.5) is 0 Å². The fraction of sp³-hybridized carbons (Fsp3) is 0.462. The topological polar surface area (TPSA) is 86.3 Å². The number of nitrogens with one attached hydrogen (secondary N) is 1. The van der Waals surface area contributed by atoms with Crippen LogP contribution < -0.4 is 24.3 Å². The molecular weight excluding hydrogens is 436 g/mol. The lowest BCUT2D eigenvalue weighted by atomic mass is 9.96. The fourth-order valence-corrected chi connectivity index (χ4v) is 4.21. The second kappa shape index (κ2) is 11.1. The van der Waals surface area contributed by atoms with Gasteiger partial charge in [0.2, 0.25) is 11.8 Å². The molecule has 0 unspecified atom stereocenters. The Hall–Kier alpha value is -3.42. The number of likely N-dealkylation sites (tertiary alicyclic amines) is 1. The molecule has 1 atom stereocenters. The number of nitrogens with zero attached hydrogens (tertiary/aromatic N) is 1. The van der Waals surface area contributed by atoms with E-state index >= 15 is 0 Å². The Morgan fingerprint density at radius 1 is 0.971 bits per heavy atom. The number of hydrogen-bond donors (Lipinski definition) is 1. The Labute approximate surface area is 201 Å². The summed E-state index contributed by atoms with van der Waals surface area (Å²) in [5, 5.41) is 3.01. The van der Waals surface area contributed by atoms with Crippen LogP contribution >= 0.6 is 0 Å². The zero-order valence-electron chi connectivity index (χ0n) is 20.6. The molecular formula is C26H34N2O6. The predicted molar refractivity (Wildman–Crippen MR) is 129 cm³/mol. The van der Waals surface area contributed by atoms with Gasteiger partial charge in [-0.2, -0.15) is 0 Å². The van der Waals surface area contributed by atoms with Crippen LogP contribution in [0.2, 0.25) is 0 Å². The third-order valence-corrected chi connectivity index (χ3v) is 6.23. The van der Waals surface area contributed by atoms with E-state index in [0.717, 1.165) is 11.1 Å². The van der Waals surface area contributed by atoms with Gasteiger partial charge in [-0.15, -0.1) is 0 Å². The molecule has 1 aliphatic rings. The van der Waals surface area contributed by atoms with E-state index in [1.54, 1.807) is 26.2 Å². The quantitative estimate of drug-likeness (QED) is 0.542. The summed E-state index contributed by atoms with van der Waals surface area (Å²) in [5.74, 6) is 2.37. The molecule has 184 valence electrons. The van der Waals surface area contributed by atoms with Crippen molar-refractivity contribution in [1.82, 2.24) is 10.2 Å². The lowest BCUT2D eigenvalue weighted by Crippen LogP contribution is -2.54. The molecule has 1 aliphatic heterocycles. The number of benzene rings is 2. The summed E-state index contributed by atoms with van der Waals surface area (Å²) in [5.41, 5.74) is 0.976. The van der Waals surface area contributed by atoms with Gasteiger partial charge in [-0.1, -0.05) is 12.1 Å². The molecule has 1 N–H and O–H groups in total. The van der Waals surface area contributed by atoms with Crippen LogP contribution in [-0.4, -0.2) is 56.7 Å². The Morgan fingerprint density at radius 3 is 2.26 bits per heavy atom. The number of ether oxygens (including phenoxy) is 4. The van der Waals surface area contributed by atoms with Crippen molar-refractivity contribution >= 4 is 11.8 Å². The van der Waals surface area contributed by atoms with Crippen molar-refractivity contribution in [3.05, 3.63) is 47.5 Å². The van der Waals surface area contributed by atoms with Gasteiger partial charge >= 0.3 is 0 Å². The highest BCUT2D eigenvalue weighted by Gasteiger charge is 2.47. The minimum atomic E-state index is -0.916.